The van der Waals surface area contributed by atoms with Gasteiger partial charge in [-0.1, -0.05) is 0 Å². The van der Waals surface area contributed by atoms with Crippen LogP contribution in [0.3, 0.4) is 0 Å². The summed E-state index contributed by atoms with van der Waals surface area (Å²) >= 11 is 0. The maximum atomic E-state index is 12.8. The molecule has 0 aliphatic heterocycles. The van der Waals surface area contributed by atoms with E-state index in [9.17, 15) is 14.7 Å². The summed E-state index contributed by atoms with van der Waals surface area (Å²) in [6.45, 7) is 6.71. The summed E-state index contributed by atoms with van der Waals surface area (Å²) in [5.74, 6) is -0.117. The second-order valence-electron chi connectivity index (χ2n) is 7.78. The molecule has 10 nitrogen and oxygen atoms in total. The van der Waals surface area contributed by atoms with E-state index >= 15 is 0 Å². The van der Waals surface area contributed by atoms with Crippen molar-refractivity contribution in [2.45, 2.75) is 45.4 Å². The molecular formula is C20H24N6O4. The van der Waals surface area contributed by atoms with Crippen LogP contribution in [0.5, 0.6) is 11.5 Å². The first-order valence-corrected chi connectivity index (χ1v) is 9.26. The molecule has 3 aromatic heterocycles. The minimum absolute atomic E-state index is 0.196. The molecule has 30 heavy (non-hydrogen) atoms. The first kappa shape index (κ1) is 21.2. The molecule has 158 valence electrons. The fraction of sp³-hybridized carbons (Fsp3) is 0.350. The summed E-state index contributed by atoms with van der Waals surface area (Å²) in [7, 11) is 0. The lowest BCUT2D eigenvalue weighted by molar-refractivity contribution is -0.124. The highest BCUT2D eigenvalue weighted by Gasteiger charge is 2.40. The number of aliphatic hydroxyl groups is 1. The third kappa shape index (κ3) is 4.23. The highest BCUT2D eigenvalue weighted by Crippen LogP contribution is 2.25. The number of hydrogen-bond acceptors (Lipinski definition) is 7. The molecule has 3 N–H and O–H groups in total. The van der Waals surface area contributed by atoms with E-state index in [1.807, 2.05) is 0 Å². The number of nitrogens with two attached hydrogens (primary N) is 1. The van der Waals surface area contributed by atoms with Gasteiger partial charge >= 0.3 is 0 Å². The van der Waals surface area contributed by atoms with Crippen LogP contribution >= 0.6 is 0 Å². The van der Waals surface area contributed by atoms with Crippen molar-refractivity contribution in [3.05, 3.63) is 64.6 Å². The van der Waals surface area contributed by atoms with E-state index in [0.29, 0.717) is 11.4 Å². The molecule has 0 bridgehead atoms. The van der Waals surface area contributed by atoms with E-state index in [2.05, 4.69) is 15.2 Å². The third-order valence-corrected chi connectivity index (χ3v) is 4.55. The molecule has 0 aromatic carbocycles. The van der Waals surface area contributed by atoms with Gasteiger partial charge in [-0.3, -0.25) is 19.3 Å². The van der Waals surface area contributed by atoms with Crippen molar-refractivity contribution < 1.29 is 14.6 Å². The average molecular weight is 412 g/mol. The number of carbonyl (C=O) groups is 1. The quantitative estimate of drug-likeness (QED) is 0.589. The largest absolute Gasteiger partial charge is 0.454 e. The molecule has 0 saturated heterocycles. The summed E-state index contributed by atoms with van der Waals surface area (Å²) in [5, 5.41) is 18.4. The fourth-order valence-corrected chi connectivity index (χ4v) is 2.93. The Morgan fingerprint density at radius 3 is 2.63 bits per heavy atom. The molecular weight excluding hydrogens is 388 g/mol. The Labute approximate surface area is 172 Å². The van der Waals surface area contributed by atoms with Crippen LogP contribution in [0.1, 0.15) is 32.2 Å². The maximum Gasteiger partial charge on any atom is 0.271 e. The van der Waals surface area contributed by atoms with Gasteiger partial charge in [0.1, 0.15) is 5.75 Å². The second-order valence-corrected chi connectivity index (χ2v) is 7.78. The van der Waals surface area contributed by atoms with Crippen molar-refractivity contribution in [3.63, 3.8) is 0 Å². The number of amides is 1. The van der Waals surface area contributed by atoms with Crippen LogP contribution in [-0.4, -0.2) is 41.2 Å². The van der Waals surface area contributed by atoms with Gasteiger partial charge in [0.15, 0.2) is 11.3 Å². The molecule has 0 spiro atoms. The van der Waals surface area contributed by atoms with E-state index in [1.165, 1.54) is 23.9 Å². The van der Waals surface area contributed by atoms with E-state index in [-0.39, 0.29) is 18.0 Å². The van der Waals surface area contributed by atoms with Crippen LogP contribution in [0, 0.1) is 6.92 Å². The van der Waals surface area contributed by atoms with Gasteiger partial charge in [-0.15, -0.1) is 0 Å². The maximum absolute atomic E-state index is 12.8. The van der Waals surface area contributed by atoms with Crippen molar-refractivity contribution in [2.75, 3.05) is 0 Å². The molecule has 3 rings (SSSR count). The van der Waals surface area contributed by atoms with Crippen molar-refractivity contribution >= 4 is 5.91 Å². The number of aryl methyl sites for hydroxylation is 1. The topological polar surface area (TPSA) is 138 Å². The zero-order valence-corrected chi connectivity index (χ0v) is 17.2. The minimum atomic E-state index is -1.63. The molecule has 10 heteroatoms. The van der Waals surface area contributed by atoms with E-state index < -0.39 is 22.6 Å². The van der Waals surface area contributed by atoms with Crippen LogP contribution in [0.15, 0.2) is 47.7 Å². The number of hydrogen-bond donors (Lipinski definition) is 2. The summed E-state index contributed by atoms with van der Waals surface area (Å²) in [5.41, 5.74) is 3.29. The van der Waals surface area contributed by atoms with Gasteiger partial charge in [0.2, 0.25) is 0 Å². The number of carbonyl (C=O) groups excluding carboxylic acids is 1. The molecule has 0 saturated carbocycles. The van der Waals surface area contributed by atoms with E-state index in [0.717, 1.165) is 4.68 Å². The van der Waals surface area contributed by atoms with E-state index in [1.54, 1.807) is 51.4 Å². The lowest BCUT2D eigenvalue weighted by Crippen LogP contribution is -2.50. The molecule has 3 heterocycles. The number of ether oxygens (including phenoxy) is 1. The van der Waals surface area contributed by atoms with Crippen molar-refractivity contribution in [1.29, 1.82) is 0 Å². The normalized spacial score (nSPS) is 13.6. The van der Waals surface area contributed by atoms with Crippen molar-refractivity contribution in [2.24, 2.45) is 5.73 Å². The number of aromatic nitrogens is 5. The Bertz CT molecular complexity index is 1130. The van der Waals surface area contributed by atoms with Crippen LogP contribution in [0.25, 0.3) is 0 Å². The molecule has 0 aliphatic carbocycles. The lowest BCUT2D eigenvalue weighted by Gasteiger charge is -2.25. The first-order valence-electron chi connectivity index (χ1n) is 9.26. The van der Waals surface area contributed by atoms with Gasteiger partial charge < -0.3 is 15.6 Å². The summed E-state index contributed by atoms with van der Waals surface area (Å²) in [4.78, 5) is 29.3. The number of nitrogens with zero attached hydrogens (tertiary/aromatic N) is 5. The van der Waals surface area contributed by atoms with Gasteiger partial charge in [-0.05, 0) is 45.9 Å². The number of pyridine rings is 1. The fourth-order valence-electron chi connectivity index (χ4n) is 2.93. The standard InChI is InChI=1S/C20H24N6O4/c1-13-15(6-5-8-22-13)30-14-10-17(27)26(23-11-14)20(4,18(21)28)16-7-9-25(24-16)12-19(2,3)29/h5-11,29H,12H2,1-4H3,(H2,21,28). The first-order chi connectivity index (χ1) is 14.0. The summed E-state index contributed by atoms with van der Waals surface area (Å²) in [6, 6.07) is 6.21. The third-order valence-electron chi connectivity index (χ3n) is 4.55. The highest BCUT2D eigenvalue weighted by molar-refractivity contribution is 5.85. The van der Waals surface area contributed by atoms with Crippen LogP contribution in [-0.2, 0) is 16.9 Å². The van der Waals surface area contributed by atoms with Gasteiger partial charge in [-0.25, -0.2) is 4.68 Å². The monoisotopic (exact) mass is 412 g/mol. The zero-order chi connectivity index (χ0) is 22.1. The summed E-state index contributed by atoms with van der Waals surface area (Å²) < 4.78 is 8.12. The van der Waals surface area contributed by atoms with E-state index in [4.69, 9.17) is 10.5 Å². The Hall–Kier alpha value is -3.53. The Morgan fingerprint density at radius 1 is 1.30 bits per heavy atom. The molecule has 0 fully saturated rings. The minimum Gasteiger partial charge on any atom is -0.454 e. The van der Waals surface area contributed by atoms with Crippen LogP contribution in [0.2, 0.25) is 0 Å². The molecule has 3 aromatic rings. The number of rotatable bonds is 7. The van der Waals surface area contributed by atoms with Crippen molar-refractivity contribution in [3.8, 4) is 11.5 Å². The van der Waals surface area contributed by atoms with Crippen molar-refractivity contribution in [1.82, 2.24) is 24.5 Å². The SMILES string of the molecule is Cc1ncccc1Oc1cnn(C(C)(C(N)=O)c2ccn(CC(C)(C)O)n2)c(=O)c1. The predicted molar refractivity (Wildman–Crippen MR) is 108 cm³/mol. The molecule has 0 aliphatic rings. The molecule has 0 radical (unpaired) electrons. The van der Waals surface area contributed by atoms with Gasteiger partial charge in [-0.2, -0.15) is 10.2 Å². The summed E-state index contributed by atoms with van der Waals surface area (Å²) in [6.07, 6.45) is 4.55. The Kier molecular flexibility index (Phi) is 5.45. The molecule has 1 amide bonds. The van der Waals surface area contributed by atoms with Gasteiger partial charge in [0.05, 0.1) is 29.7 Å². The smallest absolute Gasteiger partial charge is 0.271 e. The molecule has 1 unspecified atom stereocenters. The van der Waals surface area contributed by atoms with Gasteiger partial charge in [0.25, 0.3) is 11.5 Å². The second kappa shape index (κ2) is 7.71. The average Bonchev–Trinajstić information content (AvgIpc) is 3.10. The Morgan fingerprint density at radius 2 is 2.03 bits per heavy atom. The molecule has 1 atom stereocenters. The van der Waals surface area contributed by atoms with Crippen LogP contribution in [0.4, 0.5) is 0 Å². The zero-order valence-electron chi connectivity index (χ0n) is 17.2. The van der Waals surface area contributed by atoms with Gasteiger partial charge in [0, 0.05) is 18.5 Å². The highest BCUT2D eigenvalue weighted by atomic mass is 16.5. The number of primary amides is 1. The predicted octanol–water partition coefficient (Wildman–Crippen LogP) is 0.955. The van der Waals surface area contributed by atoms with Crippen LogP contribution < -0.4 is 16.0 Å². The lowest BCUT2D eigenvalue weighted by atomic mass is 9.97. The Balaban J connectivity index is 1.97.